The second kappa shape index (κ2) is 2.42. The fourth-order valence-corrected chi connectivity index (χ4v) is 1.28. The molecule has 1 rings (SSSR count). The number of alkyl halides is 3. The zero-order chi connectivity index (χ0) is 7.78. The molecule has 0 aromatic rings. The quantitative estimate of drug-likeness (QED) is 0.607. The highest BCUT2D eigenvalue weighted by molar-refractivity contribution is 4.85. The maximum Gasteiger partial charge on any atom is 0.392 e. The molecule has 60 valence electrons. The highest BCUT2D eigenvalue weighted by Crippen LogP contribution is 2.44. The van der Waals surface area contributed by atoms with Crippen molar-refractivity contribution < 1.29 is 13.2 Å². The van der Waals surface area contributed by atoms with Crippen molar-refractivity contribution in [2.24, 2.45) is 17.6 Å². The Balaban J connectivity index is 2.43. The molecule has 0 spiro atoms. The van der Waals surface area contributed by atoms with E-state index in [4.69, 9.17) is 5.73 Å². The Kier molecular flexibility index (Phi) is 1.90. The maximum atomic E-state index is 11.9. The van der Waals surface area contributed by atoms with Crippen molar-refractivity contribution in [1.29, 1.82) is 0 Å². The molecule has 10 heavy (non-hydrogen) atoms. The molecule has 1 aliphatic carbocycles. The lowest BCUT2D eigenvalue weighted by atomic mass is 9.73. The fourth-order valence-electron chi connectivity index (χ4n) is 1.28. The van der Waals surface area contributed by atoms with Crippen LogP contribution in [0.2, 0.25) is 0 Å². The summed E-state index contributed by atoms with van der Waals surface area (Å²) in [6.07, 6.45) is -3.10. The van der Waals surface area contributed by atoms with Gasteiger partial charge in [0.25, 0.3) is 0 Å². The third-order valence-corrected chi connectivity index (χ3v) is 2.14. The van der Waals surface area contributed by atoms with Crippen LogP contribution < -0.4 is 5.73 Å². The van der Waals surface area contributed by atoms with Gasteiger partial charge in [0.15, 0.2) is 0 Å². The van der Waals surface area contributed by atoms with Gasteiger partial charge in [-0.1, -0.05) is 0 Å². The summed E-state index contributed by atoms with van der Waals surface area (Å²) in [5.74, 6) is -1.42. The molecule has 0 radical (unpaired) electrons. The monoisotopic (exact) mass is 153 g/mol. The summed E-state index contributed by atoms with van der Waals surface area (Å²) in [4.78, 5) is 0. The molecule has 0 saturated heterocycles. The minimum Gasteiger partial charge on any atom is -0.330 e. The molecule has 2 N–H and O–H groups in total. The number of nitrogens with two attached hydrogens (primary N) is 1. The predicted octanol–water partition coefficient (Wildman–Crippen LogP) is 1.53. The smallest absolute Gasteiger partial charge is 0.330 e. The van der Waals surface area contributed by atoms with Gasteiger partial charge in [-0.25, -0.2) is 0 Å². The molecule has 0 bridgehead atoms. The summed E-state index contributed by atoms with van der Waals surface area (Å²) in [7, 11) is 0. The van der Waals surface area contributed by atoms with Gasteiger partial charge in [-0.15, -0.1) is 0 Å². The van der Waals surface area contributed by atoms with Crippen LogP contribution in [0.15, 0.2) is 0 Å². The fraction of sp³-hybridized carbons (Fsp3) is 1.00. The van der Waals surface area contributed by atoms with Gasteiger partial charge >= 0.3 is 6.18 Å². The summed E-state index contributed by atoms with van der Waals surface area (Å²) in [6, 6.07) is 0. The molecule has 0 aromatic heterocycles. The van der Waals surface area contributed by atoms with E-state index in [2.05, 4.69) is 0 Å². The Morgan fingerprint density at radius 3 is 2.00 bits per heavy atom. The van der Waals surface area contributed by atoms with E-state index < -0.39 is 12.1 Å². The van der Waals surface area contributed by atoms with E-state index in [9.17, 15) is 13.2 Å². The van der Waals surface area contributed by atoms with Crippen LogP contribution in [-0.4, -0.2) is 12.7 Å². The van der Waals surface area contributed by atoms with Crippen molar-refractivity contribution >= 4 is 0 Å². The van der Waals surface area contributed by atoms with Gasteiger partial charge in [-0.2, -0.15) is 13.2 Å². The summed E-state index contributed by atoms with van der Waals surface area (Å²) < 4.78 is 35.6. The zero-order valence-corrected chi connectivity index (χ0v) is 5.49. The molecule has 1 saturated carbocycles. The van der Waals surface area contributed by atoms with Gasteiger partial charge in [0.1, 0.15) is 0 Å². The summed E-state index contributed by atoms with van der Waals surface area (Å²) >= 11 is 0. The molecule has 0 amide bonds. The Morgan fingerprint density at radius 1 is 1.30 bits per heavy atom. The first-order chi connectivity index (χ1) is 4.55. The number of hydrogen-bond acceptors (Lipinski definition) is 1. The Hall–Kier alpha value is -0.250. The van der Waals surface area contributed by atoms with Crippen molar-refractivity contribution in [1.82, 2.24) is 0 Å². The first-order valence-electron chi connectivity index (χ1n) is 3.32. The highest BCUT2D eigenvalue weighted by atomic mass is 19.4. The van der Waals surface area contributed by atoms with Gasteiger partial charge in [0.2, 0.25) is 0 Å². The van der Waals surface area contributed by atoms with Crippen molar-refractivity contribution in [3.8, 4) is 0 Å². The molecule has 0 heterocycles. The van der Waals surface area contributed by atoms with Crippen molar-refractivity contribution in [2.75, 3.05) is 6.54 Å². The molecule has 1 aliphatic rings. The lowest BCUT2D eigenvalue weighted by Gasteiger charge is -2.36. The first-order valence-corrected chi connectivity index (χ1v) is 3.32. The Bertz CT molecular complexity index is 119. The van der Waals surface area contributed by atoms with Crippen LogP contribution >= 0.6 is 0 Å². The summed E-state index contributed by atoms with van der Waals surface area (Å²) in [5, 5.41) is 0. The number of halogens is 3. The molecule has 0 unspecified atom stereocenters. The third kappa shape index (κ3) is 1.26. The van der Waals surface area contributed by atoms with Crippen molar-refractivity contribution in [3.05, 3.63) is 0 Å². The summed E-state index contributed by atoms with van der Waals surface area (Å²) in [5.41, 5.74) is 5.12. The molecule has 0 aliphatic heterocycles. The number of rotatable bonds is 1. The van der Waals surface area contributed by atoms with Crippen LogP contribution in [0.5, 0.6) is 0 Å². The van der Waals surface area contributed by atoms with Crippen LogP contribution in [-0.2, 0) is 0 Å². The predicted molar refractivity (Wildman–Crippen MR) is 31.3 cm³/mol. The second-order valence-corrected chi connectivity index (χ2v) is 2.72. The van der Waals surface area contributed by atoms with Gasteiger partial charge in [0.05, 0.1) is 5.92 Å². The average Bonchev–Trinajstić information content (AvgIpc) is 1.57. The van der Waals surface area contributed by atoms with Crippen LogP contribution in [0, 0.1) is 11.8 Å². The molecular weight excluding hydrogens is 143 g/mol. The van der Waals surface area contributed by atoms with Crippen molar-refractivity contribution in [3.63, 3.8) is 0 Å². The lowest BCUT2D eigenvalue weighted by molar-refractivity contribution is -0.211. The van der Waals surface area contributed by atoms with Crippen LogP contribution in [0.3, 0.4) is 0 Å². The highest BCUT2D eigenvalue weighted by Gasteiger charge is 2.48. The van der Waals surface area contributed by atoms with E-state index in [1.807, 2.05) is 0 Å². The molecule has 4 heteroatoms. The molecule has 1 fully saturated rings. The number of hydrogen-bond donors (Lipinski definition) is 1. The lowest BCUT2D eigenvalue weighted by Crippen LogP contribution is -2.41. The topological polar surface area (TPSA) is 26.0 Å². The van der Waals surface area contributed by atoms with Crippen LogP contribution in [0.25, 0.3) is 0 Å². The molecular formula is C6H10F3N. The van der Waals surface area contributed by atoms with E-state index in [1.54, 1.807) is 0 Å². The van der Waals surface area contributed by atoms with Gasteiger partial charge in [-0.05, 0) is 25.3 Å². The molecule has 2 atom stereocenters. The Morgan fingerprint density at radius 2 is 1.90 bits per heavy atom. The third-order valence-electron chi connectivity index (χ3n) is 2.14. The van der Waals surface area contributed by atoms with Gasteiger partial charge in [-0.3, -0.25) is 0 Å². The molecule has 0 aromatic carbocycles. The normalized spacial score (nSPS) is 33.6. The van der Waals surface area contributed by atoms with Crippen LogP contribution in [0.1, 0.15) is 12.8 Å². The van der Waals surface area contributed by atoms with E-state index in [-0.39, 0.29) is 18.9 Å². The van der Waals surface area contributed by atoms with E-state index in [1.165, 1.54) is 0 Å². The minimum atomic E-state index is -4.01. The standard InChI is InChI=1S/C6H10F3N/c7-6(8,9)5-2-1-4(5)3-10/h4-5H,1-3,10H2/t4-,5-/m1/s1. The zero-order valence-electron chi connectivity index (χ0n) is 5.49. The second-order valence-electron chi connectivity index (χ2n) is 2.72. The minimum absolute atomic E-state index is 0.171. The largest absolute Gasteiger partial charge is 0.392 e. The van der Waals surface area contributed by atoms with E-state index in [0.29, 0.717) is 6.42 Å². The molecule has 1 nitrogen and oxygen atoms in total. The SMILES string of the molecule is NC[C@H]1CC[C@H]1C(F)(F)F. The first kappa shape index (κ1) is 7.85. The van der Waals surface area contributed by atoms with Gasteiger partial charge < -0.3 is 5.73 Å². The van der Waals surface area contributed by atoms with Crippen LogP contribution in [0.4, 0.5) is 13.2 Å². The Labute approximate surface area is 57.4 Å². The average molecular weight is 153 g/mol. The van der Waals surface area contributed by atoms with Gasteiger partial charge in [0, 0.05) is 0 Å². The van der Waals surface area contributed by atoms with Crippen molar-refractivity contribution in [2.45, 2.75) is 19.0 Å². The summed E-state index contributed by atoms with van der Waals surface area (Å²) in [6.45, 7) is 0.171. The maximum absolute atomic E-state index is 11.9. The van der Waals surface area contributed by atoms with E-state index >= 15 is 0 Å². The van der Waals surface area contributed by atoms with E-state index in [0.717, 1.165) is 0 Å².